The van der Waals surface area contributed by atoms with Crippen LogP contribution in [0.5, 0.6) is 11.5 Å². The molecule has 0 atom stereocenters. The monoisotopic (exact) mass is 366 g/mol. The highest BCUT2D eigenvalue weighted by Gasteiger charge is 2.24. The Morgan fingerprint density at radius 1 is 1.15 bits per heavy atom. The number of esters is 1. The molecular formula is C21H22N2O4. The van der Waals surface area contributed by atoms with Crippen LogP contribution in [-0.4, -0.2) is 28.9 Å². The molecule has 0 saturated heterocycles. The van der Waals surface area contributed by atoms with Gasteiger partial charge in [-0.05, 0) is 64.1 Å². The van der Waals surface area contributed by atoms with Crippen molar-refractivity contribution in [2.75, 3.05) is 13.4 Å². The summed E-state index contributed by atoms with van der Waals surface area (Å²) in [6.07, 6.45) is 0. The van der Waals surface area contributed by atoms with E-state index in [9.17, 15) is 4.79 Å². The second kappa shape index (κ2) is 6.30. The molecule has 6 nitrogen and oxygen atoms in total. The predicted molar refractivity (Wildman–Crippen MR) is 102 cm³/mol. The number of carbonyl (C=O) groups is 1. The first-order valence-electron chi connectivity index (χ1n) is 8.98. The average molecular weight is 366 g/mol. The number of hydrogen-bond acceptors (Lipinski definition) is 5. The Morgan fingerprint density at radius 2 is 1.93 bits per heavy atom. The Kier molecular flexibility index (Phi) is 4.06. The van der Waals surface area contributed by atoms with E-state index in [1.807, 2.05) is 24.3 Å². The van der Waals surface area contributed by atoms with E-state index < -0.39 is 0 Å². The van der Waals surface area contributed by atoms with Crippen LogP contribution in [-0.2, 0) is 10.3 Å². The summed E-state index contributed by atoms with van der Waals surface area (Å²) >= 11 is 0. The van der Waals surface area contributed by atoms with Gasteiger partial charge in [0.2, 0.25) is 6.79 Å². The quantitative estimate of drug-likeness (QED) is 0.644. The van der Waals surface area contributed by atoms with Crippen LogP contribution in [0.25, 0.3) is 22.4 Å². The molecule has 0 unspecified atom stereocenters. The fourth-order valence-electron chi connectivity index (χ4n) is 3.33. The number of rotatable bonds is 3. The Bertz CT molecular complexity index is 1030. The lowest BCUT2D eigenvalue weighted by molar-refractivity contribution is 0.0526. The third-order valence-electron chi connectivity index (χ3n) is 4.47. The minimum atomic E-state index is -0.339. The average Bonchev–Trinajstić information content (AvgIpc) is 3.24. The minimum Gasteiger partial charge on any atom is -0.462 e. The normalized spacial score (nSPS) is 13.2. The van der Waals surface area contributed by atoms with Crippen LogP contribution in [0, 0.1) is 0 Å². The summed E-state index contributed by atoms with van der Waals surface area (Å²) in [7, 11) is 0. The zero-order chi connectivity index (χ0) is 19.2. The van der Waals surface area contributed by atoms with Crippen molar-refractivity contribution in [3.8, 4) is 22.9 Å². The topological polar surface area (TPSA) is 62.6 Å². The molecule has 1 aliphatic rings. The van der Waals surface area contributed by atoms with Gasteiger partial charge in [-0.25, -0.2) is 9.78 Å². The Hall–Kier alpha value is -3.02. The summed E-state index contributed by atoms with van der Waals surface area (Å²) in [5, 5.41) is 0. The number of hydrogen-bond donors (Lipinski definition) is 0. The lowest BCUT2D eigenvalue weighted by Crippen LogP contribution is -2.22. The van der Waals surface area contributed by atoms with Gasteiger partial charge in [0.1, 0.15) is 5.82 Å². The molecule has 4 rings (SSSR count). The van der Waals surface area contributed by atoms with Crippen molar-refractivity contribution in [1.82, 2.24) is 9.55 Å². The standard InChI is InChI=1S/C21H22N2O4/c1-5-25-20(24)14-6-8-16-15(10-14)22-19(23(16)21(2,3)4)13-7-9-17-18(11-13)27-12-26-17/h6-11H,5,12H2,1-4H3. The largest absolute Gasteiger partial charge is 0.462 e. The number of fused-ring (bicyclic) bond motifs is 2. The highest BCUT2D eigenvalue weighted by molar-refractivity contribution is 5.94. The van der Waals surface area contributed by atoms with Gasteiger partial charge in [-0.1, -0.05) is 0 Å². The van der Waals surface area contributed by atoms with Crippen LogP contribution in [0.3, 0.4) is 0 Å². The van der Waals surface area contributed by atoms with Gasteiger partial charge in [0.15, 0.2) is 11.5 Å². The summed E-state index contributed by atoms with van der Waals surface area (Å²) in [4.78, 5) is 16.9. The van der Waals surface area contributed by atoms with Gasteiger partial charge < -0.3 is 18.8 Å². The van der Waals surface area contributed by atoms with E-state index in [0.717, 1.165) is 28.2 Å². The Labute approximate surface area is 157 Å². The smallest absolute Gasteiger partial charge is 0.338 e. The molecule has 0 radical (unpaired) electrons. The highest BCUT2D eigenvalue weighted by Crippen LogP contribution is 2.38. The first-order chi connectivity index (χ1) is 12.9. The van der Waals surface area contributed by atoms with E-state index in [0.29, 0.717) is 17.9 Å². The maximum absolute atomic E-state index is 12.1. The van der Waals surface area contributed by atoms with Crippen molar-refractivity contribution < 1.29 is 19.0 Å². The van der Waals surface area contributed by atoms with Gasteiger partial charge in [-0.15, -0.1) is 0 Å². The number of aromatic nitrogens is 2. The highest BCUT2D eigenvalue weighted by atomic mass is 16.7. The molecule has 1 aliphatic heterocycles. The second-order valence-electron chi connectivity index (χ2n) is 7.43. The van der Waals surface area contributed by atoms with Crippen molar-refractivity contribution in [3.05, 3.63) is 42.0 Å². The number of ether oxygens (including phenoxy) is 3. The first-order valence-corrected chi connectivity index (χ1v) is 8.98. The molecular weight excluding hydrogens is 344 g/mol. The van der Waals surface area contributed by atoms with Crippen molar-refractivity contribution in [2.24, 2.45) is 0 Å². The Morgan fingerprint density at radius 3 is 2.67 bits per heavy atom. The van der Waals surface area contributed by atoms with E-state index >= 15 is 0 Å². The Balaban J connectivity index is 1.90. The molecule has 1 aromatic heterocycles. The van der Waals surface area contributed by atoms with E-state index in [1.165, 1.54) is 0 Å². The van der Waals surface area contributed by atoms with Crippen LogP contribution >= 0.6 is 0 Å². The van der Waals surface area contributed by atoms with E-state index in [2.05, 4.69) is 25.3 Å². The molecule has 2 heterocycles. The summed E-state index contributed by atoms with van der Waals surface area (Å²) in [6, 6.07) is 11.3. The van der Waals surface area contributed by atoms with Gasteiger partial charge >= 0.3 is 5.97 Å². The van der Waals surface area contributed by atoms with E-state index in [1.54, 1.807) is 19.1 Å². The lowest BCUT2D eigenvalue weighted by atomic mass is 10.1. The number of imidazole rings is 1. The van der Waals surface area contributed by atoms with Crippen LogP contribution in [0.15, 0.2) is 36.4 Å². The maximum Gasteiger partial charge on any atom is 0.338 e. The molecule has 3 aromatic rings. The summed E-state index contributed by atoms with van der Waals surface area (Å²) in [5.41, 5.74) is 2.95. The lowest BCUT2D eigenvalue weighted by Gasteiger charge is -2.25. The second-order valence-corrected chi connectivity index (χ2v) is 7.43. The third kappa shape index (κ3) is 3.01. The fourth-order valence-corrected chi connectivity index (χ4v) is 3.33. The van der Waals surface area contributed by atoms with E-state index in [4.69, 9.17) is 19.2 Å². The summed E-state index contributed by atoms with van der Waals surface area (Å²) in [5.74, 6) is 1.93. The number of carbonyl (C=O) groups excluding carboxylic acids is 1. The van der Waals surface area contributed by atoms with Gasteiger partial charge in [0.05, 0.1) is 23.2 Å². The van der Waals surface area contributed by atoms with Gasteiger partial charge in [-0.3, -0.25) is 0 Å². The van der Waals surface area contributed by atoms with Crippen LogP contribution < -0.4 is 9.47 Å². The predicted octanol–water partition coefficient (Wildman–Crippen LogP) is 4.36. The number of benzene rings is 2. The maximum atomic E-state index is 12.1. The molecule has 140 valence electrons. The van der Waals surface area contributed by atoms with E-state index in [-0.39, 0.29) is 18.3 Å². The molecule has 27 heavy (non-hydrogen) atoms. The minimum absolute atomic E-state index is 0.202. The van der Waals surface area contributed by atoms with Crippen molar-refractivity contribution in [2.45, 2.75) is 33.2 Å². The van der Waals surface area contributed by atoms with Crippen molar-refractivity contribution in [1.29, 1.82) is 0 Å². The SMILES string of the molecule is CCOC(=O)c1ccc2c(c1)nc(-c1ccc3c(c1)OCO3)n2C(C)(C)C. The summed E-state index contributed by atoms with van der Waals surface area (Å²) in [6.45, 7) is 8.76. The molecule has 0 N–H and O–H groups in total. The number of nitrogens with zero attached hydrogens (tertiary/aromatic N) is 2. The fraction of sp³-hybridized carbons (Fsp3) is 0.333. The van der Waals surface area contributed by atoms with Gasteiger partial charge in [0, 0.05) is 11.1 Å². The van der Waals surface area contributed by atoms with Crippen molar-refractivity contribution in [3.63, 3.8) is 0 Å². The molecule has 0 amide bonds. The van der Waals surface area contributed by atoms with Crippen LogP contribution in [0.4, 0.5) is 0 Å². The molecule has 2 aromatic carbocycles. The first kappa shape index (κ1) is 17.4. The zero-order valence-corrected chi connectivity index (χ0v) is 15.9. The zero-order valence-electron chi connectivity index (χ0n) is 15.9. The molecule has 0 spiro atoms. The molecule has 0 aliphatic carbocycles. The van der Waals surface area contributed by atoms with Gasteiger partial charge in [0.25, 0.3) is 0 Å². The molecule has 6 heteroatoms. The van der Waals surface area contributed by atoms with Crippen LogP contribution in [0.2, 0.25) is 0 Å². The van der Waals surface area contributed by atoms with Gasteiger partial charge in [-0.2, -0.15) is 0 Å². The molecule has 0 saturated carbocycles. The van der Waals surface area contributed by atoms with Crippen molar-refractivity contribution >= 4 is 17.0 Å². The summed E-state index contributed by atoms with van der Waals surface area (Å²) < 4.78 is 18.2. The van der Waals surface area contributed by atoms with Crippen LogP contribution in [0.1, 0.15) is 38.1 Å². The third-order valence-corrected chi connectivity index (χ3v) is 4.47. The molecule has 0 bridgehead atoms. The molecule has 0 fully saturated rings.